The van der Waals surface area contributed by atoms with E-state index in [4.69, 9.17) is 4.42 Å². The molecule has 2 aromatic rings. The Balaban J connectivity index is 1.78. The minimum Gasteiger partial charge on any atom is -0.469 e. The van der Waals surface area contributed by atoms with E-state index in [0.717, 1.165) is 12.8 Å². The zero-order valence-corrected chi connectivity index (χ0v) is 12.4. The zero-order valence-electron chi connectivity index (χ0n) is 12.4. The third-order valence-corrected chi connectivity index (χ3v) is 4.34. The maximum Gasteiger partial charge on any atom is 0.108 e. The topological polar surface area (TPSA) is 25.2 Å². The number of rotatable bonds is 4. The molecule has 0 amide bonds. The van der Waals surface area contributed by atoms with Gasteiger partial charge in [-0.3, -0.25) is 0 Å². The van der Waals surface area contributed by atoms with Gasteiger partial charge in [0.2, 0.25) is 0 Å². The van der Waals surface area contributed by atoms with Crippen LogP contribution in [0.4, 0.5) is 0 Å². The van der Waals surface area contributed by atoms with E-state index < -0.39 is 0 Å². The van der Waals surface area contributed by atoms with Gasteiger partial charge >= 0.3 is 0 Å². The highest BCUT2D eigenvalue weighted by molar-refractivity contribution is 5.27. The van der Waals surface area contributed by atoms with E-state index in [0.29, 0.717) is 12.1 Å². The summed E-state index contributed by atoms with van der Waals surface area (Å²) in [6.45, 7) is 4.38. The van der Waals surface area contributed by atoms with Crippen molar-refractivity contribution in [1.29, 1.82) is 0 Å². The van der Waals surface area contributed by atoms with Crippen LogP contribution in [0, 0.1) is 6.92 Å². The van der Waals surface area contributed by atoms with Gasteiger partial charge in [0.05, 0.1) is 6.26 Å². The molecule has 1 aliphatic rings. The molecule has 1 aromatic heterocycles. The normalized spacial score (nSPS) is 19.6. The van der Waals surface area contributed by atoms with Gasteiger partial charge in [-0.05, 0) is 37.8 Å². The predicted octanol–water partition coefficient (Wildman–Crippen LogP) is 4.71. The van der Waals surface area contributed by atoms with Crippen molar-refractivity contribution in [1.82, 2.24) is 5.32 Å². The van der Waals surface area contributed by atoms with Crippen LogP contribution in [-0.4, -0.2) is 0 Å². The van der Waals surface area contributed by atoms with Crippen molar-refractivity contribution in [3.63, 3.8) is 0 Å². The Hall–Kier alpha value is -1.54. The largest absolute Gasteiger partial charge is 0.469 e. The van der Waals surface area contributed by atoms with E-state index in [1.807, 2.05) is 6.26 Å². The summed E-state index contributed by atoms with van der Waals surface area (Å²) in [5.74, 6) is 1.17. The molecule has 0 saturated heterocycles. The van der Waals surface area contributed by atoms with Crippen LogP contribution in [0.2, 0.25) is 0 Å². The summed E-state index contributed by atoms with van der Waals surface area (Å²) in [5.41, 5.74) is 4.06. The highest BCUT2D eigenvalue weighted by Crippen LogP contribution is 2.33. The molecule has 3 rings (SSSR count). The number of benzene rings is 1. The van der Waals surface area contributed by atoms with Gasteiger partial charge in [-0.1, -0.05) is 36.8 Å². The van der Waals surface area contributed by atoms with Crippen LogP contribution in [0.1, 0.15) is 60.7 Å². The Morgan fingerprint density at radius 3 is 2.80 bits per heavy atom. The molecule has 2 nitrogen and oxygen atoms in total. The van der Waals surface area contributed by atoms with Gasteiger partial charge in [0.25, 0.3) is 0 Å². The zero-order chi connectivity index (χ0) is 13.9. The van der Waals surface area contributed by atoms with Crippen molar-refractivity contribution in [2.24, 2.45) is 0 Å². The number of aryl methyl sites for hydroxylation is 2. The molecule has 0 saturated carbocycles. The van der Waals surface area contributed by atoms with Gasteiger partial charge in [0.1, 0.15) is 5.76 Å². The summed E-state index contributed by atoms with van der Waals surface area (Å²) < 4.78 is 5.58. The molecule has 2 unspecified atom stereocenters. The molecule has 0 spiro atoms. The number of hydrogen-bond donors (Lipinski definition) is 1. The third-order valence-electron chi connectivity index (χ3n) is 4.34. The lowest BCUT2D eigenvalue weighted by molar-refractivity contribution is 0.371. The average molecular weight is 269 g/mol. The van der Waals surface area contributed by atoms with Crippen molar-refractivity contribution in [3.05, 3.63) is 59.0 Å². The minimum absolute atomic E-state index is 0.418. The van der Waals surface area contributed by atoms with Crippen LogP contribution in [0.15, 0.2) is 41.0 Å². The number of fused-ring (bicyclic) bond motifs is 1. The lowest BCUT2D eigenvalue weighted by atomic mass is 9.91. The van der Waals surface area contributed by atoms with Crippen molar-refractivity contribution in [2.45, 2.75) is 51.6 Å². The molecule has 0 bridgehead atoms. The first-order valence-corrected chi connectivity index (χ1v) is 7.67. The Bertz CT molecular complexity index is 555. The van der Waals surface area contributed by atoms with Gasteiger partial charge in [-0.15, -0.1) is 0 Å². The molecule has 2 atom stereocenters. The highest BCUT2D eigenvalue weighted by atomic mass is 16.3. The summed E-state index contributed by atoms with van der Waals surface area (Å²) in [5, 5.41) is 3.82. The van der Waals surface area contributed by atoms with Gasteiger partial charge in [-0.2, -0.15) is 0 Å². The minimum atomic E-state index is 0.418. The number of nitrogens with one attached hydrogen (secondary N) is 1. The highest BCUT2D eigenvalue weighted by Gasteiger charge is 2.24. The SMILES string of the molecule is CCC(NC1CCCc2occc21)c1ccc(C)cc1. The molecule has 1 N–H and O–H groups in total. The van der Waals surface area contributed by atoms with Gasteiger partial charge in [0.15, 0.2) is 0 Å². The molecule has 106 valence electrons. The smallest absolute Gasteiger partial charge is 0.108 e. The first-order valence-electron chi connectivity index (χ1n) is 7.67. The Morgan fingerprint density at radius 1 is 1.25 bits per heavy atom. The average Bonchev–Trinajstić information content (AvgIpc) is 2.95. The third kappa shape index (κ3) is 2.66. The van der Waals surface area contributed by atoms with Gasteiger partial charge < -0.3 is 9.73 Å². The van der Waals surface area contributed by atoms with Crippen LogP contribution >= 0.6 is 0 Å². The summed E-state index contributed by atoms with van der Waals surface area (Å²) >= 11 is 0. The van der Waals surface area contributed by atoms with Gasteiger partial charge in [-0.25, -0.2) is 0 Å². The fraction of sp³-hybridized carbons (Fsp3) is 0.444. The monoisotopic (exact) mass is 269 g/mol. The lowest BCUT2D eigenvalue weighted by Crippen LogP contribution is -2.28. The number of hydrogen-bond acceptors (Lipinski definition) is 2. The van der Waals surface area contributed by atoms with Crippen molar-refractivity contribution >= 4 is 0 Å². The molecular weight excluding hydrogens is 246 g/mol. The van der Waals surface area contributed by atoms with Crippen LogP contribution in [-0.2, 0) is 6.42 Å². The summed E-state index contributed by atoms with van der Waals surface area (Å²) in [6, 6.07) is 11.9. The second-order valence-corrected chi connectivity index (χ2v) is 5.78. The van der Waals surface area contributed by atoms with E-state index in [2.05, 4.69) is 49.5 Å². The molecule has 2 heteroatoms. The quantitative estimate of drug-likeness (QED) is 0.869. The molecule has 1 aliphatic carbocycles. The second-order valence-electron chi connectivity index (χ2n) is 5.78. The molecule has 0 radical (unpaired) electrons. The van der Waals surface area contributed by atoms with Crippen molar-refractivity contribution < 1.29 is 4.42 Å². The second kappa shape index (κ2) is 5.84. The van der Waals surface area contributed by atoms with Crippen LogP contribution in [0.25, 0.3) is 0 Å². The fourth-order valence-corrected chi connectivity index (χ4v) is 3.15. The Morgan fingerprint density at radius 2 is 2.05 bits per heavy atom. The maximum atomic E-state index is 5.58. The van der Waals surface area contributed by atoms with E-state index in [1.165, 1.54) is 35.3 Å². The molecule has 1 heterocycles. The Labute approximate surface area is 121 Å². The van der Waals surface area contributed by atoms with Crippen molar-refractivity contribution in [3.8, 4) is 0 Å². The molecular formula is C18H23NO. The predicted molar refractivity (Wildman–Crippen MR) is 81.7 cm³/mol. The molecule has 0 fully saturated rings. The summed E-state index contributed by atoms with van der Waals surface area (Å²) in [6.07, 6.45) is 6.43. The molecule has 1 aromatic carbocycles. The van der Waals surface area contributed by atoms with Crippen molar-refractivity contribution in [2.75, 3.05) is 0 Å². The van der Waals surface area contributed by atoms with Crippen LogP contribution in [0.3, 0.4) is 0 Å². The lowest BCUT2D eigenvalue weighted by Gasteiger charge is -2.28. The molecule has 20 heavy (non-hydrogen) atoms. The van der Waals surface area contributed by atoms with Crippen LogP contribution < -0.4 is 5.32 Å². The standard InChI is InChI=1S/C18H23NO/c1-3-16(14-9-7-13(2)8-10-14)19-17-5-4-6-18-15(17)11-12-20-18/h7-12,16-17,19H,3-6H2,1-2H3. The maximum absolute atomic E-state index is 5.58. The summed E-state index contributed by atoms with van der Waals surface area (Å²) in [7, 11) is 0. The fourth-order valence-electron chi connectivity index (χ4n) is 3.15. The molecule has 0 aliphatic heterocycles. The van der Waals surface area contributed by atoms with E-state index in [1.54, 1.807) is 0 Å². The first kappa shape index (κ1) is 13.4. The first-order chi connectivity index (χ1) is 9.78. The van der Waals surface area contributed by atoms with E-state index >= 15 is 0 Å². The van der Waals surface area contributed by atoms with Crippen LogP contribution in [0.5, 0.6) is 0 Å². The summed E-state index contributed by atoms with van der Waals surface area (Å²) in [4.78, 5) is 0. The van der Waals surface area contributed by atoms with Gasteiger partial charge in [0, 0.05) is 24.1 Å². The Kier molecular flexibility index (Phi) is 3.93. The van der Waals surface area contributed by atoms with E-state index in [-0.39, 0.29) is 0 Å². The number of furan rings is 1. The van der Waals surface area contributed by atoms with E-state index in [9.17, 15) is 0 Å².